The van der Waals surface area contributed by atoms with Crippen LogP contribution in [0.1, 0.15) is 42.1 Å². The Morgan fingerprint density at radius 1 is 1.00 bits per heavy atom. The van der Waals surface area contributed by atoms with E-state index in [4.69, 9.17) is 16.6 Å². The summed E-state index contributed by atoms with van der Waals surface area (Å²) < 4.78 is 0. The van der Waals surface area contributed by atoms with Crippen LogP contribution in [-0.2, 0) is 0 Å². The van der Waals surface area contributed by atoms with E-state index >= 15 is 0 Å². The number of aromatic nitrogens is 1. The van der Waals surface area contributed by atoms with Crippen LogP contribution in [0.25, 0.3) is 22.2 Å². The predicted molar refractivity (Wildman–Crippen MR) is 125 cm³/mol. The molecule has 0 saturated carbocycles. The first-order chi connectivity index (χ1) is 14.6. The molecule has 3 aromatic carbocycles. The number of nitrogens with one attached hydrogen (secondary N) is 1. The summed E-state index contributed by atoms with van der Waals surface area (Å²) in [6.45, 7) is 4.37. The summed E-state index contributed by atoms with van der Waals surface area (Å²) in [4.78, 5) is 17.9. The van der Waals surface area contributed by atoms with E-state index in [9.17, 15) is 4.79 Å². The number of carbonyl (C=O) groups excluding carboxylic acids is 1. The van der Waals surface area contributed by atoms with Crippen molar-refractivity contribution in [3.05, 3.63) is 95.0 Å². The zero-order valence-corrected chi connectivity index (χ0v) is 17.8. The van der Waals surface area contributed by atoms with Gasteiger partial charge in [-0.25, -0.2) is 4.98 Å². The van der Waals surface area contributed by atoms with Gasteiger partial charge in [0.25, 0.3) is 5.91 Å². The molecule has 4 heteroatoms. The molecule has 1 aromatic heterocycles. The van der Waals surface area contributed by atoms with Gasteiger partial charge in [-0.15, -0.1) is 0 Å². The Bertz CT molecular complexity index is 1200. The second-order valence-electron chi connectivity index (χ2n) is 7.44. The number of benzene rings is 3. The Hall–Kier alpha value is -3.17. The van der Waals surface area contributed by atoms with Crippen molar-refractivity contribution < 1.29 is 4.79 Å². The molecule has 0 fully saturated rings. The fourth-order valence-electron chi connectivity index (χ4n) is 3.50. The van der Waals surface area contributed by atoms with E-state index in [0.717, 1.165) is 28.6 Å². The molecule has 3 nitrogen and oxygen atoms in total. The first-order valence-electron chi connectivity index (χ1n) is 10.1. The first-order valence-corrected chi connectivity index (χ1v) is 10.5. The molecule has 1 atom stereocenters. The average Bonchev–Trinajstić information content (AvgIpc) is 2.78. The van der Waals surface area contributed by atoms with Gasteiger partial charge in [0, 0.05) is 21.7 Å². The minimum Gasteiger partial charge on any atom is -0.322 e. The van der Waals surface area contributed by atoms with Gasteiger partial charge in [0.05, 0.1) is 16.8 Å². The number of carbonyl (C=O) groups is 1. The largest absolute Gasteiger partial charge is 0.322 e. The van der Waals surface area contributed by atoms with E-state index in [-0.39, 0.29) is 5.91 Å². The van der Waals surface area contributed by atoms with Crippen molar-refractivity contribution in [3.8, 4) is 11.3 Å². The average molecular weight is 415 g/mol. The Kier molecular flexibility index (Phi) is 5.82. The molecular weight excluding hydrogens is 392 g/mol. The number of hydrogen-bond acceptors (Lipinski definition) is 2. The van der Waals surface area contributed by atoms with Crippen molar-refractivity contribution in [2.45, 2.75) is 26.2 Å². The van der Waals surface area contributed by atoms with Gasteiger partial charge in [0.15, 0.2) is 0 Å². The van der Waals surface area contributed by atoms with Crippen LogP contribution in [0.15, 0.2) is 78.9 Å². The number of rotatable bonds is 5. The molecule has 0 aliphatic rings. The van der Waals surface area contributed by atoms with E-state index in [1.165, 1.54) is 5.56 Å². The molecule has 0 radical (unpaired) electrons. The second-order valence-corrected chi connectivity index (χ2v) is 7.84. The summed E-state index contributed by atoms with van der Waals surface area (Å²) in [7, 11) is 0. The van der Waals surface area contributed by atoms with Crippen LogP contribution in [0.2, 0.25) is 5.02 Å². The molecule has 1 heterocycles. The van der Waals surface area contributed by atoms with Crippen molar-refractivity contribution in [2.75, 3.05) is 5.32 Å². The van der Waals surface area contributed by atoms with Crippen molar-refractivity contribution in [1.82, 2.24) is 4.98 Å². The molecule has 30 heavy (non-hydrogen) atoms. The lowest BCUT2D eigenvalue weighted by Gasteiger charge is -2.13. The van der Waals surface area contributed by atoms with Crippen LogP contribution in [0, 0.1) is 0 Å². The van der Waals surface area contributed by atoms with Gasteiger partial charge in [0.1, 0.15) is 0 Å². The maximum absolute atomic E-state index is 13.2. The Labute approximate surface area is 181 Å². The number of fused-ring (bicyclic) bond motifs is 1. The normalized spacial score (nSPS) is 12.0. The van der Waals surface area contributed by atoms with Crippen molar-refractivity contribution in [3.63, 3.8) is 0 Å². The third kappa shape index (κ3) is 4.07. The number of pyridine rings is 1. The van der Waals surface area contributed by atoms with Crippen molar-refractivity contribution in [1.29, 1.82) is 0 Å². The van der Waals surface area contributed by atoms with Crippen LogP contribution in [-0.4, -0.2) is 10.9 Å². The zero-order chi connectivity index (χ0) is 21.1. The summed E-state index contributed by atoms with van der Waals surface area (Å²) in [6, 6.07) is 25.1. The Balaban J connectivity index is 1.72. The molecule has 1 unspecified atom stereocenters. The second kappa shape index (κ2) is 8.68. The fraction of sp³-hybridized carbons (Fsp3) is 0.154. The predicted octanol–water partition coefficient (Wildman–Crippen LogP) is 7.32. The molecule has 4 rings (SSSR count). The van der Waals surface area contributed by atoms with Gasteiger partial charge in [-0.2, -0.15) is 0 Å². The lowest BCUT2D eigenvalue weighted by Crippen LogP contribution is -2.13. The maximum atomic E-state index is 13.2. The first kappa shape index (κ1) is 20.1. The topological polar surface area (TPSA) is 42.0 Å². The Morgan fingerprint density at radius 2 is 1.70 bits per heavy atom. The smallest absolute Gasteiger partial charge is 0.256 e. The van der Waals surface area contributed by atoms with E-state index < -0.39 is 0 Å². The minimum absolute atomic E-state index is 0.168. The quantitative estimate of drug-likeness (QED) is 0.371. The van der Waals surface area contributed by atoms with Crippen LogP contribution in [0.3, 0.4) is 0 Å². The summed E-state index contributed by atoms with van der Waals surface area (Å²) in [5, 5.41) is 4.44. The molecule has 0 saturated heterocycles. The Morgan fingerprint density at radius 3 is 2.43 bits per heavy atom. The lowest BCUT2D eigenvalue weighted by molar-refractivity contribution is 0.102. The third-order valence-corrected chi connectivity index (χ3v) is 5.79. The molecule has 4 aromatic rings. The molecule has 1 N–H and O–H groups in total. The molecule has 0 aliphatic heterocycles. The molecule has 0 aliphatic carbocycles. The number of halogens is 1. The van der Waals surface area contributed by atoms with E-state index in [1.807, 2.05) is 66.7 Å². The standard InChI is InChI=1S/C26H23ClN2O/c1-3-17(2)18-12-14-19(15-13-18)28-26(30)22-16-25(21-9-4-6-10-23(21)27)29-24-11-7-5-8-20(22)24/h4-17H,3H2,1-2H3,(H,28,30). The fourth-order valence-corrected chi connectivity index (χ4v) is 3.73. The van der Waals surface area contributed by atoms with Gasteiger partial charge in [0.2, 0.25) is 0 Å². The monoisotopic (exact) mass is 414 g/mol. The molecule has 0 bridgehead atoms. The minimum atomic E-state index is -0.168. The maximum Gasteiger partial charge on any atom is 0.256 e. The number of para-hydroxylation sites is 1. The molecule has 150 valence electrons. The van der Waals surface area contributed by atoms with Crippen molar-refractivity contribution >= 4 is 34.1 Å². The van der Waals surface area contributed by atoms with Crippen LogP contribution >= 0.6 is 11.6 Å². The summed E-state index contributed by atoms with van der Waals surface area (Å²) in [5.74, 6) is 0.329. The van der Waals surface area contributed by atoms with Crippen molar-refractivity contribution in [2.24, 2.45) is 0 Å². The molecule has 0 spiro atoms. The van der Waals surface area contributed by atoms with Gasteiger partial charge >= 0.3 is 0 Å². The molecular formula is C26H23ClN2O. The highest BCUT2D eigenvalue weighted by Crippen LogP contribution is 2.30. The van der Waals surface area contributed by atoms with E-state index in [2.05, 4.69) is 31.3 Å². The van der Waals surface area contributed by atoms with Gasteiger partial charge in [-0.3, -0.25) is 4.79 Å². The highest BCUT2D eigenvalue weighted by molar-refractivity contribution is 6.33. The zero-order valence-electron chi connectivity index (χ0n) is 17.0. The summed E-state index contributed by atoms with van der Waals surface area (Å²) in [5.41, 5.74) is 4.85. The lowest BCUT2D eigenvalue weighted by atomic mass is 9.98. The van der Waals surface area contributed by atoms with Crippen LogP contribution in [0.4, 0.5) is 5.69 Å². The number of anilines is 1. The summed E-state index contributed by atoms with van der Waals surface area (Å²) >= 11 is 6.38. The van der Waals surface area contributed by atoms with Gasteiger partial charge < -0.3 is 5.32 Å². The number of hydrogen-bond donors (Lipinski definition) is 1. The third-order valence-electron chi connectivity index (χ3n) is 5.46. The number of amides is 1. The SMILES string of the molecule is CCC(C)c1ccc(NC(=O)c2cc(-c3ccccc3Cl)nc3ccccc23)cc1. The number of nitrogens with zero attached hydrogens (tertiary/aromatic N) is 1. The highest BCUT2D eigenvalue weighted by atomic mass is 35.5. The van der Waals surface area contributed by atoms with Gasteiger partial charge in [-0.1, -0.05) is 74.0 Å². The van der Waals surface area contributed by atoms with Crippen LogP contribution in [0.5, 0.6) is 0 Å². The van der Waals surface area contributed by atoms with E-state index in [1.54, 1.807) is 0 Å². The van der Waals surface area contributed by atoms with E-state index in [0.29, 0.717) is 22.2 Å². The molecule has 1 amide bonds. The van der Waals surface area contributed by atoms with Crippen LogP contribution < -0.4 is 5.32 Å². The van der Waals surface area contributed by atoms with Gasteiger partial charge in [-0.05, 0) is 48.2 Å². The highest BCUT2D eigenvalue weighted by Gasteiger charge is 2.15. The summed E-state index contributed by atoms with van der Waals surface area (Å²) in [6.07, 6.45) is 1.08.